The summed E-state index contributed by atoms with van der Waals surface area (Å²) in [5, 5.41) is 0. The highest BCUT2D eigenvalue weighted by molar-refractivity contribution is 9.10. The van der Waals surface area contributed by atoms with E-state index in [-0.39, 0.29) is 0 Å². The molecule has 0 amide bonds. The van der Waals surface area contributed by atoms with Crippen LogP contribution in [0.1, 0.15) is 25.3 Å². The number of hydrogen-bond donors (Lipinski definition) is 0. The third-order valence-electron chi connectivity index (χ3n) is 2.51. The molecule has 0 aromatic heterocycles. The molecule has 0 aliphatic rings. The van der Waals surface area contributed by atoms with Crippen molar-refractivity contribution >= 4 is 15.9 Å². The Kier molecular flexibility index (Phi) is 7.32. The molecule has 1 rings (SSSR count). The third-order valence-corrected chi connectivity index (χ3v) is 3.00. The molecule has 0 heterocycles. The van der Waals surface area contributed by atoms with Crippen LogP contribution >= 0.6 is 15.9 Å². The molecule has 1 aromatic rings. The summed E-state index contributed by atoms with van der Waals surface area (Å²) < 4.78 is 17.1. The minimum atomic E-state index is 0.437. The fraction of sp³-hybridized carbons (Fsp3) is 0.571. The number of methoxy groups -OCH3 is 1. The summed E-state index contributed by atoms with van der Waals surface area (Å²) >= 11 is 3.48. The van der Waals surface area contributed by atoms with E-state index >= 15 is 0 Å². The largest absolute Gasteiger partial charge is 0.491 e. The SMILES string of the molecule is COCCOCCOc1ccc(Br)cc1C(C)C. The van der Waals surface area contributed by atoms with Crippen molar-refractivity contribution in [1.29, 1.82) is 0 Å². The molecular formula is C14H21BrO3. The Hall–Kier alpha value is -0.580. The van der Waals surface area contributed by atoms with Crippen molar-refractivity contribution in [2.75, 3.05) is 33.5 Å². The standard InChI is InChI=1S/C14H21BrO3/c1-11(2)13-10-12(15)4-5-14(13)18-9-8-17-7-6-16-3/h4-5,10-11H,6-9H2,1-3H3. The van der Waals surface area contributed by atoms with Gasteiger partial charge in [-0.25, -0.2) is 0 Å². The topological polar surface area (TPSA) is 27.7 Å². The first-order chi connectivity index (χ1) is 8.65. The van der Waals surface area contributed by atoms with E-state index in [1.165, 1.54) is 5.56 Å². The van der Waals surface area contributed by atoms with Gasteiger partial charge in [0.15, 0.2) is 0 Å². The molecule has 0 aliphatic carbocycles. The van der Waals surface area contributed by atoms with Crippen LogP contribution < -0.4 is 4.74 Å². The maximum Gasteiger partial charge on any atom is 0.122 e. The van der Waals surface area contributed by atoms with Gasteiger partial charge in [-0.2, -0.15) is 0 Å². The fourth-order valence-electron chi connectivity index (χ4n) is 1.56. The van der Waals surface area contributed by atoms with Gasteiger partial charge in [0, 0.05) is 11.6 Å². The lowest BCUT2D eigenvalue weighted by Gasteiger charge is -2.14. The Bertz CT molecular complexity index is 353. The van der Waals surface area contributed by atoms with Crippen LogP contribution in [0.15, 0.2) is 22.7 Å². The third kappa shape index (κ3) is 5.38. The van der Waals surface area contributed by atoms with E-state index in [1.807, 2.05) is 12.1 Å². The molecule has 0 unspecified atom stereocenters. The number of rotatable bonds is 8. The molecule has 0 spiro atoms. The van der Waals surface area contributed by atoms with Crippen molar-refractivity contribution in [3.05, 3.63) is 28.2 Å². The summed E-state index contributed by atoms with van der Waals surface area (Å²) in [5.74, 6) is 1.37. The zero-order chi connectivity index (χ0) is 13.4. The van der Waals surface area contributed by atoms with Crippen LogP contribution in [0.2, 0.25) is 0 Å². The highest BCUT2D eigenvalue weighted by Crippen LogP contribution is 2.29. The van der Waals surface area contributed by atoms with Crippen LogP contribution in [0.4, 0.5) is 0 Å². The lowest BCUT2D eigenvalue weighted by Crippen LogP contribution is -2.11. The van der Waals surface area contributed by atoms with E-state index in [0.29, 0.717) is 32.3 Å². The molecule has 0 aliphatic heterocycles. The Morgan fingerprint density at radius 2 is 1.83 bits per heavy atom. The van der Waals surface area contributed by atoms with Gasteiger partial charge in [0.05, 0.1) is 19.8 Å². The highest BCUT2D eigenvalue weighted by Gasteiger charge is 2.08. The minimum Gasteiger partial charge on any atom is -0.491 e. The molecule has 1 aromatic carbocycles. The Morgan fingerprint density at radius 3 is 2.50 bits per heavy atom. The van der Waals surface area contributed by atoms with Crippen molar-refractivity contribution in [2.24, 2.45) is 0 Å². The van der Waals surface area contributed by atoms with Crippen LogP contribution in [0, 0.1) is 0 Å². The van der Waals surface area contributed by atoms with E-state index in [0.717, 1.165) is 10.2 Å². The van der Waals surface area contributed by atoms with Gasteiger partial charge in [-0.3, -0.25) is 0 Å². The molecule has 0 bridgehead atoms. The quantitative estimate of drug-likeness (QED) is 0.686. The first-order valence-corrected chi connectivity index (χ1v) is 6.93. The van der Waals surface area contributed by atoms with E-state index in [4.69, 9.17) is 14.2 Å². The number of hydrogen-bond acceptors (Lipinski definition) is 3. The molecule has 0 saturated heterocycles. The molecule has 0 saturated carbocycles. The van der Waals surface area contributed by atoms with Crippen LogP contribution in [0.3, 0.4) is 0 Å². The molecule has 0 fully saturated rings. The molecule has 4 heteroatoms. The number of benzene rings is 1. The summed E-state index contributed by atoms with van der Waals surface area (Å²) in [6.45, 7) is 6.68. The summed E-state index contributed by atoms with van der Waals surface area (Å²) in [7, 11) is 1.66. The zero-order valence-corrected chi connectivity index (χ0v) is 12.8. The van der Waals surface area contributed by atoms with Gasteiger partial charge < -0.3 is 14.2 Å². The van der Waals surface area contributed by atoms with Gasteiger partial charge in [0.25, 0.3) is 0 Å². The lowest BCUT2D eigenvalue weighted by atomic mass is 10.0. The van der Waals surface area contributed by atoms with Crippen molar-refractivity contribution in [2.45, 2.75) is 19.8 Å². The van der Waals surface area contributed by atoms with Crippen molar-refractivity contribution < 1.29 is 14.2 Å². The Morgan fingerprint density at radius 1 is 1.11 bits per heavy atom. The fourth-order valence-corrected chi connectivity index (χ4v) is 1.94. The molecule has 102 valence electrons. The molecule has 18 heavy (non-hydrogen) atoms. The van der Waals surface area contributed by atoms with Gasteiger partial charge in [-0.1, -0.05) is 29.8 Å². The highest BCUT2D eigenvalue weighted by atomic mass is 79.9. The maximum atomic E-state index is 5.75. The molecular weight excluding hydrogens is 296 g/mol. The lowest BCUT2D eigenvalue weighted by molar-refractivity contribution is 0.0542. The van der Waals surface area contributed by atoms with Gasteiger partial charge >= 0.3 is 0 Å². The van der Waals surface area contributed by atoms with E-state index in [2.05, 4.69) is 35.8 Å². The predicted octanol–water partition coefficient (Wildman–Crippen LogP) is 3.61. The predicted molar refractivity (Wildman–Crippen MR) is 76.4 cm³/mol. The Balaban J connectivity index is 2.42. The van der Waals surface area contributed by atoms with Crippen LogP contribution in [-0.2, 0) is 9.47 Å². The first-order valence-electron chi connectivity index (χ1n) is 6.14. The van der Waals surface area contributed by atoms with E-state index < -0.39 is 0 Å². The second kappa shape index (κ2) is 8.51. The van der Waals surface area contributed by atoms with Gasteiger partial charge in [0.2, 0.25) is 0 Å². The maximum absolute atomic E-state index is 5.75. The number of ether oxygens (including phenoxy) is 3. The smallest absolute Gasteiger partial charge is 0.122 e. The summed E-state index contributed by atoms with van der Waals surface area (Å²) in [5.41, 5.74) is 1.21. The average Bonchev–Trinajstić information content (AvgIpc) is 2.35. The minimum absolute atomic E-state index is 0.437. The van der Waals surface area contributed by atoms with Crippen molar-refractivity contribution in [1.82, 2.24) is 0 Å². The molecule has 0 N–H and O–H groups in total. The normalized spacial score (nSPS) is 10.9. The second-order valence-electron chi connectivity index (χ2n) is 4.29. The summed E-state index contributed by atoms with van der Waals surface area (Å²) in [6.07, 6.45) is 0. The van der Waals surface area contributed by atoms with E-state index in [9.17, 15) is 0 Å². The first kappa shape index (κ1) is 15.5. The molecule has 0 radical (unpaired) electrons. The summed E-state index contributed by atoms with van der Waals surface area (Å²) in [4.78, 5) is 0. The van der Waals surface area contributed by atoms with Gasteiger partial charge in [-0.15, -0.1) is 0 Å². The van der Waals surface area contributed by atoms with Crippen LogP contribution in [0.25, 0.3) is 0 Å². The van der Waals surface area contributed by atoms with Gasteiger partial charge in [-0.05, 0) is 29.7 Å². The zero-order valence-electron chi connectivity index (χ0n) is 11.2. The summed E-state index contributed by atoms with van der Waals surface area (Å²) in [6, 6.07) is 6.09. The van der Waals surface area contributed by atoms with Crippen LogP contribution in [0.5, 0.6) is 5.75 Å². The van der Waals surface area contributed by atoms with Gasteiger partial charge in [0.1, 0.15) is 12.4 Å². The second-order valence-corrected chi connectivity index (χ2v) is 5.21. The average molecular weight is 317 g/mol. The van der Waals surface area contributed by atoms with Crippen molar-refractivity contribution in [3.8, 4) is 5.75 Å². The van der Waals surface area contributed by atoms with Crippen molar-refractivity contribution in [3.63, 3.8) is 0 Å². The van der Waals surface area contributed by atoms with E-state index in [1.54, 1.807) is 7.11 Å². The Labute approximate surface area is 118 Å². The molecule has 3 nitrogen and oxygen atoms in total. The monoisotopic (exact) mass is 316 g/mol. The van der Waals surface area contributed by atoms with Crippen LogP contribution in [-0.4, -0.2) is 33.5 Å². The molecule has 0 atom stereocenters. The number of halogens is 1.